The smallest absolute Gasteiger partial charge is 0.131 e. The zero-order valence-electron chi connectivity index (χ0n) is 12.8. The van der Waals surface area contributed by atoms with E-state index in [9.17, 15) is 9.50 Å². The molecule has 1 N–H and O–H groups in total. The normalized spacial score (nSPS) is 12.2. The number of allylic oxidation sites excluding steroid dienone is 2. The van der Waals surface area contributed by atoms with Crippen LogP contribution in [-0.2, 0) is 6.61 Å². The molecule has 110 valence electrons. The van der Waals surface area contributed by atoms with Crippen LogP contribution >= 0.6 is 0 Å². The van der Waals surface area contributed by atoms with Crippen molar-refractivity contribution in [2.75, 3.05) is 0 Å². The molecular formula is C19H21FO. The average molecular weight is 284 g/mol. The summed E-state index contributed by atoms with van der Waals surface area (Å²) < 4.78 is 14.2. The van der Waals surface area contributed by atoms with E-state index in [2.05, 4.69) is 20.8 Å². The van der Waals surface area contributed by atoms with Crippen LogP contribution in [0.5, 0.6) is 0 Å². The zero-order chi connectivity index (χ0) is 15.4. The predicted octanol–water partition coefficient (Wildman–Crippen LogP) is 5.19. The summed E-state index contributed by atoms with van der Waals surface area (Å²) in [5.74, 6) is -0.262. The summed E-state index contributed by atoms with van der Waals surface area (Å²) in [5, 5.41) is 9.44. The lowest BCUT2D eigenvalue weighted by Gasteiger charge is -2.12. The summed E-state index contributed by atoms with van der Waals surface area (Å²) >= 11 is 0. The van der Waals surface area contributed by atoms with E-state index in [0.29, 0.717) is 5.56 Å². The Morgan fingerprint density at radius 2 is 1.76 bits per heavy atom. The summed E-state index contributed by atoms with van der Waals surface area (Å²) in [4.78, 5) is 0. The molecule has 0 unspecified atom stereocenters. The Morgan fingerprint density at radius 3 is 2.43 bits per heavy atom. The van der Waals surface area contributed by atoms with E-state index in [1.54, 1.807) is 0 Å². The molecule has 0 aliphatic carbocycles. The van der Waals surface area contributed by atoms with Gasteiger partial charge in [-0.2, -0.15) is 0 Å². The van der Waals surface area contributed by atoms with Gasteiger partial charge in [0.05, 0.1) is 6.61 Å². The highest BCUT2D eigenvalue weighted by atomic mass is 19.1. The van der Waals surface area contributed by atoms with Gasteiger partial charge in [-0.1, -0.05) is 42.8 Å². The maximum absolute atomic E-state index is 14.2. The Morgan fingerprint density at radius 1 is 1.05 bits per heavy atom. The Kier molecular flexibility index (Phi) is 4.92. The van der Waals surface area contributed by atoms with Crippen LogP contribution in [0, 0.1) is 5.82 Å². The van der Waals surface area contributed by atoms with Gasteiger partial charge in [0.2, 0.25) is 0 Å². The number of hydrogen-bond acceptors (Lipinski definition) is 1. The van der Waals surface area contributed by atoms with Crippen LogP contribution in [0.3, 0.4) is 0 Å². The van der Waals surface area contributed by atoms with Gasteiger partial charge < -0.3 is 5.11 Å². The Balaban J connectivity index is 2.60. The van der Waals surface area contributed by atoms with Crippen LogP contribution in [0.4, 0.5) is 4.39 Å². The summed E-state index contributed by atoms with van der Waals surface area (Å²) in [7, 11) is 0. The van der Waals surface area contributed by atoms with Crippen molar-refractivity contribution < 1.29 is 9.50 Å². The second-order valence-corrected chi connectivity index (χ2v) is 5.27. The molecule has 0 saturated heterocycles. The lowest BCUT2D eigenvalue weighted by molar-refractivity contribution is 0.282. The van der Waals surface area contributed by atoms with Crippen molar-refractivity contribution in [1.82, 2.24) is 0 Å². The quantitative estimate of drug-likeness (QED) is 0.819. The standard InChI is InChI=1S/C19H21FO/c1-4-13(2)14(3)15-9-10-19(20)18(11-15)17-8-6-5-7-16(17)12-21/h5-11,21H,4,12H2,1-3H3. The highest BCUT2D eigenvalue weighted by molar-refractivity contribution is 5.75. The lowest BCUT2D eigenvalue weighted by atomic mass is 9.94. The molecule has 0 fully saturated rings. The summed E-state index contributed by atoms with van der Waals surface area (Å²) in [6, 6.07) is 12.6. The summed E-state index contributed by atoms with van der Waals surface area (Å²) in [6.45, 7) is 6.18. The lowest BCUT2D eigenvalue weighted by Crippen LogP contribution is -1.94. The van der Waals surface area contributed by atoms with E-state index in [1.165, 1.54) is 17.2 Å². The minimum Gasteiger partial charge on any atom is -0.392 e. The SMILES string of the molecule is CCC(C)=C(C)c1ccc(F)c(-c2ccccc2CO)c1. The van der Waals surface area contributed by atoms with Crippen molar-refractivity contribution in [3.8, 4) is 11.1 Å². The predicted molar refractivity (Wildman–Crippen MR) is 86.3 cm³/mol. The molecule has 0 saturated carbocycles. The molecular weight excluding hydrogens is 263 g/mol. The van der Waals surface area contributed by atoms with Gasteiger partial charge in [0.1, 0.15) is 5.82 Å². The molecule has 0 radical (unpaired) electrons. The highest BCUT2D eigenvalue weighted by Crippen LogP contribution is 2.30. The van der Waals surface area contributed by atoms with E-state index in [0.717, 1.165) is 23.1 Å². The molecule has 0 aliphatic rings. The number of aliphatic hydroxyl groups is 1. The molecule has 1 nitrogen and oxygen atoms in total. The maximum atomic E-state index is 14.2. The third kappa shape index (κ3) is 3.22. The first-order valence-electron chi connectivity index (χ1n) is 7.23. The molecule has 21 heavy (non-hydrogen) atoms. The minimum absolute atomic E-state index is 0.0946. The molecule has 0 aliphatic heterocycles. The summed E-state index contributed by atoms with van der Waals surface area (Å²) in [5.41, 5.74) is 5.53. The van der Waals surface area contributed by atoms with Crippen molar-refractivity contribution in [2.45, 2.75) is 33.8 Å². The molecule has 0 heterocycles. The van der Waals surface area contributed by atoms with E-state index in [1.807, 2.05) is 36.4 Å². The molecule has 0 atom stereocenters. The number of hydrogen-bond donors (Lipinski definition) is 1. The third-order valence-corrected chi connectivity index (χ3v) is 4.05. The largest absolute Gasteiger partial charge is 0.392 e. The van der Waals surface area contributed by atoms with Crippen molar-refractivity contribution >= 4 is 5.57 Å². The van der Waals surface area contributed by atoms with Gasteiger partial charge in [-0.05, 0) is 54.7 Å². The Bertz CT molecular complexity index is 671. The van der Waals surface area contributed by atoms with Gasteiger partial charge in [-0.15, -0.1) is 0 Å². The van der Waals surface area contributed by atoms with Crippen LogP contribution in [0.2, 0.25) is 0 Å². The van der Waals surface area contributed by atoms with E-state index < -0.39 is 0 Å². The first-order valence-corrected chi connectivity index (χ1v) is 7.23. The van der Waals surface area contributed by atoms with E-state index in [-0.39, 0.29) is 12.4 Å². The fourth-order valence-corrected chi connectivity index (χ4v) is 2.40. The van der Waals surface area contributed by atoms with Crippen molar-refractivity contribution in [1.29, 1.82) is 0 Å². The fraction of sp³-hybridized carbons (Fsp3) is 0.263. The van der Waals surface area contributed by atoms with Crippen LogP contribution < -0.4 is 0 Å². The number of halogens is 1. The van der Waals surface area contributed by atoms with Crippen LogP contribution in [0.1, 0.15) is 38.3 Å². The highest BCUT2D eigenvalue weighted by Gasteiger charge is 2.11. The molecule has 0 spiro atoms. The number of rotatable bonds is 4. The van der Waals surface area contributed by atoms with Crippen LogP contribution in [-0.4, -0.2) is 5.11 Å². The number of aliphatic hydroxyl groups excluding tert-OH is 1. The maximum Gasteiger partial charge on any atom is 0.131 e. The minimum atomic E-state index is -0.262. The molecule has 2 aromatic rings. The van der Waals surface area contributed by atoms with E-state index >= 15 is 0 Å². The molecule has 2 aromatic carbocycles. The molecule has 0 aromatic heterocycles. The van der Waals surface area contributed by atoms with E-state index in [4.69, 9.17) is 0 Å². The summed E-state index contributed by atoms with van der Waals surface area (Å²) in [6.07, 6.45) is 0.978. The Hall–Kier alpha value is -1.93. The Labute approximate surface area is 125 Å². The first kappa shape index (κ1) is 15.5. The van der Waals surface area contributed by atoms with Crippen LogP contribution in [0.25, 0.3) is 16.7 Å². The van der Waals surface area contributed by atoms with Gasteiger partial charge in [0.15, 0.2) is 0 Å². The topological polar surface area (TPSA) is 20.2 Å². The first-order chi connectivity index (χ1) is 10.1. The van der Waals surface area contributed by atoms with Crippen molar-refractivity contribution in [3.63, 3.8) is 0 Å². The van der Waals surface area contributed by atoms with Gasteiger partial charge in [0.25, 0.3) is 0 Å². The third-order valence-electron chi connectivity index (χ3n) is 4.05. The fourth-order valence-electron chi connectivity index (χ4n) is 2.40. The molecule has 2 rings (SSSR count). The monoisotopic (exact) mass is 284 g/mol. The van der Waals surface area contributed by atoms with Gasteiger partial charge in [-0.25, -0.2) is 4.39 Å². The second-order valence-electron chi connectivity index (χ2n) is 5.27. The van der Waals surface area contributed by atoms with Crippen molar-refractivity contribution in [2.24, 2.45) is 0 Å². The number of benzene rings is 2. The zero-order valence-corrected chi connectivity index (χ0v) is 12.8. The van der Waals surface area contributed by atoms with Gasteiger partial charge in [-0.3, -0.25) is 0 Å². The average Bonchev–Trinajstić information content (AvgIpc) is 2.53. The van der Waals surface area contributed by atoms with Gasteiger partial charge in [0, 0.05) is 5.56 Å². The van der Waals surface area contributed by atoms with Crippen LogP contribution in [0.15, 0.2) is 48.0 Å². The molecule has 2 heteroatoms. The second kappa shape index (κ2) is 6.68. The van der Waals surface area contributed by atoms with Gasteiger partial charge >= 0.3 is 0 Å². The van der Waals surface area contributed by atoms with Crippen molar-refractivity contribution in [3.05, 3.63) is 65.0 Å². The molecule has 0 bridgehead atoms. The molecule has 0 amide bonds.